The number of carbonyl (C=O) groups excluding carboxylic acids is 1. The van der Waals surface area contributed by atoms with E-state index >= 15 is 0 Å². The zero-order chi connectivity index (χ0) is 15.1. The van der Waals surface area contributed by atoms with Crippen molar-refractivity contribution in [3.63, 3.8) is 0 Å². The SMILES string of the molecule is O=C(CCC1CCCNC1)NCCc1ccc(Cl)cc1Cl. The molecule has 0 spiro atoms. The molecular formula is C16H22Cl2N2O. The van der Waals surface area contributed by atoms with E-state index < -0.39 is 0 Å². The predicted octanol–water partition coefficient (Wildman–Crippen LogP) is 3.43. The van der Waals surface area contributed by atoms with Crippen LogP contribution in [0.2, 0.25) is 10.0 Å². The van der Waals surface area contributed by atoms with Crippen LogP contribution in [0.3, 0.4) is 0 Å². The second-order valence-electron chi connectivity index (χ2n) is 5.59. The van der Waals surface area contributed by atoms with Gasteiger partial charge in [0.05, 0.1) is 0 Å². The van der Waals surface area contributed by atoms with Crippen LogP contribution in [0.15, 0.2) is 18.2 Å². The second kappa shape index (κ2) is 8.62. The van der Waals surface area contributed by atoms with Crippen molar-refractivity contribution in [2.24, 2.45) is 5.92 Å². The molecule has 0 saturated carbocycles. The van der Waals surface area contributed by atoms with Crippen LogP contribution in [-0.4, -0.2) is 25.5 Å². The molecule has 1 fully saturated rings. The summed E-state index contributed by atoms with van der Waals surface area (Å²) in [5.74, 6) is 0.779. The smallest absolute Gasteiger partial charge is 0.220 e. The first-order chi connectivity index (χ1) is 10.1. The summed E-state index contributed by atoms with van der Waals surface area (Å²) in [6.45, 7) is 2.78. The number of carbonyl (C=O) groups is 1. The van der Waals surface area contributed by atoms with E-state index in [-0.39, 0.29) is 5.91 Å². The van der Waals surface area contributed by atoms with E-state index in [2.05, 4.69) is 10.6 Å². The quantitative estimate of drug-likeness (QED) is 0.839. The minimum absolute atomic E-state index is 0.130. The van der Waals surface area contributed by atoms with Crippen molar-refractivity contribution >= 4 is 29.1 Å². The predicted molar refractivity (Wildman–Crippen MR) is 88.0 cm³/mol. The van der Waals surface area contributed by atoms with Crippen LogP contribution in [0, 0.1) is 5.92 Å². The molecule has 2 rings (SSSR count). The molecule has 1 amide bonds. The van der Waals surface area contributed by atoms with E-state index in [1.54, 1.807) is 6.07 Å². The Morgan fingerprint density at radius 1 is 1.38 bits per heavy atom. The van der Waals surface area contributed by atoms with Gasteiger partial charge in [-0.1, -0.05) is 29.3 Å². The highest BCUT2D eigenvalue weighted by molar-refractivity contribution is 6.35. The highest BCUT2D eigenvalue weighted by Gasteiger charge is 2.14. The first-order valence-electron chi connectivity index (χ1n) is 7.56. The summed E-state index contributed by atoms with van der Waals surface area (Å²) in [6, 6.07) is 5.46. The molecule has 0 bridgehead atoms. The van der Waals surface area contributed by atoms with Crippen molar-refractivity contribution in [2.75, 3.05) is 19.6 Å². The Morgan fingerprint density at radius 3 is 2.95 bits per heavy atom. The van der Waals surface area contributed by atoms with Crippen LogP contribution in [0.1, 0.15) is 31.2 Å². The average Bonchev–Trinajstić information content (AvgIpc) is 2.48. The Labute approximate surface area is 136 Å². The van der Waals surface area contributed by atoms with E-state index in [0.717, 1.165) is 31.5 Å². The van der Waals surface area contributed by atoms with Gasteiger partial charge in [-0.2, -0.15) is 0 Å². The number of piperidine rings is 1. The Bertz CT molecular complexity index is 473. The van der Waals surface area contributed by atoms with E-state index in [1.165, 1.54) is 12.8 Å². The Morgan fingerprint density at radius 2 is 2.24 bits per heavy atom. The number of amides is 1. The lowest BCUT2D eigenvalue weighted by atomic mass is 9.94. The van der Waals surface area contributed by atoms with Gasteiger partial charge >= 0.3 is 0 Å². The molecule has 0 radical (unpaired) electrons. The van der Waals surface area contributed by atoms with E-state index in [0.29, 0.717) is 28.9 Å². The van der Waals surface area contributed by atoms with Crippen LogP contribution in [0.25, 0.3) is 0 Å². The number of halogens is 2. The Hall–Kier alpha value is -0.770. The van der Waals surface area contributed by atoms with Gasteiger partial charge in [-0.3, -0.25) is 4.79 Å². The van der Waals surface area contributed by atoms with Gasteiger partial charge < -0.3 is 10.6 Å². The maximum Gasteiger partial charge on any atom is 0.220 e. The molecule has 0 aliphatic carbocycles. The van der Waals surface area contributed by atoms with Gasteiger partial charge in [0.2, 0.25) is 5.91 Å². The maximum atomic E-state index is 11.8. The lowest BCUT2D eigenvalue weighted by molar-refractivity contribution is -0.121. The third-order valence-electron chi connectivity index (χ3n) is 3.91. The van der Waals surface area contributed by atoms with Gasteiger partial charge in [-0.15, -0.1) is 0 Å². The molecule has 1 aromatic rings. The van der Waals surface area contributed by atoms with Crippen LogP contribution in [-0.2, 0) is 11.2 Å². The first kappa shape index (κ1) is 16.6. The van der Waals surface area contributed by atoms with Gasteiger partial charge in [0.25, 0.3) is 0 Å². The van der Waals surface area contributed by atoms with Crippen molar-refractivity contribution in [3.05, 3.63) is 33.8 Å². The fourth-order valence-electron chi connectivity index (χ4n) is 2.66. The van der Waals surface area contributed by atoms with E-state index in [9.17, 15) is 4.79 Å². The van der Waals surface area contributed by atoms with Crippen molar-refractivity contribution < 1.29 is 4.79 Å². The highest BCUT2D eigenvalue weighted by Crippen LogP contribution is 2.21. The highest BCUT2D eigenvalue weighted by atomic mass is 35.5. The normalized spacial score (nSPS) is 18.5. The molecule has 116 valence electrons. The summed E-state index contributed by atoms with van der Waals surface area (Å²) in [6.07, 6.45) is 4.77. The number of benzene rings is 1. The Balaban J connectivity index is 1.64. The molecular weight excluding hydrogens is 307 g/mol. The number of rotatable bonds is 6. The summed E-state index contributed by atoms with van der Waals surface area (Å²) in [5, 5.41) is 7.63. The average molecular weight is 329 g/mol. The summed E-state index contributed by atoms with van der Waals surface area (Å²) < 4.78 is 0. The number of nitrogens with one attached hydrogen (secondary N) is 2. The van der Waals surface area contributed by atoms with Crippen molar-refractivity contribution in [2.45, 2.75) is 32.1 Å². The van der Waals surface area contributed by atoms with E-state index in [1.807, 2.05) is 12.1 Å². The van der Waals surface area contributed by atoms with Crippen LogP contribution < -0.4 is 10.6 Å². The molecule has 1 heterocycles. The summed E-state index contributed by atoms with van der Waals surface area (Å²) >= 11 is 12.0. The zero-order valence-electron chi connectivity index (χ0n) is 12.1. The second-order valence-corrected chi connectivity index (χ2v) is 6.43. The van der Waals surface area contributed by atoms with Gasteiger partial charge in [0.15, 0.2) is 0 Å². The van der Waals surface area contributed by atoms with Gasteiger partial charge in [0.1, 0.15) is 0 Å². The number of hydrogen-bond acceptors (Lipinski definition) is 2. The summed E-state index contributed by atoms with van der Waals surface area (Å²) in [7, 11) is 0. The molecule has 1 aromatic carbocycles. The zero-order valence-corrected chi connectivity index (χ0v) is 13.6. The minimum Gasteiger partial charge on any atom is -0.356 e. The molecule has 1 aliphatic rings. The third-order valence-corrected chi connectivity index (χ3v) is 4.50. The van der Waals surface area contributed by atoms with E-state index in [4.69, 9.17) is 23.2 Å². The molecule has 2 N–H and O–H groups in total. The standard InChI is InChI=1S/C16H22Cl2N2O/c17-14-5-4-13(15(18)10-14)7-9-20-16(21)6-3-12-2-1-8-19-11-12/h4-5,10,12,19H,1-3,6-9,11H2,(H,20,21). The largest absolute Gasteiger partial charge is 0.356 e. The third kappa shape index (κ3) is 5.85. The fraction of sp³-hybridized carbons (Fsp3) is 0.562. The van der Waals surface area contributed by atoms with Crippen molar-refractivity contribution in [1.82, 2.24) is 10.6 Å². The lowest BCUT2D eigenvalue weighted by Crippen LogP contribution is -2.31. The molecule has 5 heteroatoms. The molecule has 3 nitrogen and oxygen atoms in total. The van der Waals surface area contributed by atoms with Crippen molar-refractivity contribution in [1.29, 1.82) is 0 Å². The molecule has 1 aliphatic heterocycles. The molecule has 1 atom stereocenters. The topological polar surface area (TPSA) is 41.1 Å². The number of hydrogen-bond donors (Lipinski definition) is 2. The van der Waals surface area contributed by atoms with Crippen LogP contribution in [0.4, 0.5) is 0 Å². The molecule has 1 unspecified atom stereocenters. The minimum atomic E-state index is 0.130. The lowest BCUT2D eigenvalue weighted by Gasteiger charge is -2.22. The molecule has 1 saturated heterocycles. The Kier molecular flexibility index (Phi) is 6.81. The maximum absolute atomic E-state index is 11.8. The summed E-state index contributed by atoms with van der Waals surface area (Å²) in [5.41, 5.74) is 1.01. The first-order valence-corrected chi connectivity index (χ1v) is 8.32. The summed E-state index contributed by atoms with van der Waals surface area (Å²) in [4.78, 5) is 11.8. The van der Waals surface area contributed by atoms with Gasteiger partial charge in [-0.25, -0.2) is 0 Å². The fourth-order valence-corrected chi connectivity index (χ4v) is 3.16. The van der Waals surface area contributed by atoms with Crippen LogP contribution in [0.5, 0.6) is 0 Å². The monoisotopic (exact) mass is 328 g/mol. The van der Waals surface area contributed by atoms with Crippen molar-refractivity contribution in [3.8, 4) is 0 Å². The molecule has 0 aromatic heterocycles. The molecule has 21 heavy (non-hydrogen) atoms. The van der Waals surface area contributed by atoms with Gasteiger partial charge in [-0.05, 0) is 62.4 Å². The van der Waals surface area contributed by atoms with Gasteiger partial charge in [0, 0.05) is 23.0 Å². The van der Waals surface area contributed by atoms with Crippen LogP contribution >= 0.6 is 23.2 Å².